The van der Waals surface area contributed by atoms with E-state index in [9.17, 15) is 10.0 Å². The molecule has 0 spiro atoms. The second-order valence-corrected chi connectivity index (χ2v) is 4.14. The van der Waals surface area contributed by atoms with Crippen molar-refractivity contribution in [3.05, 3.63) is 35.5 Å². The summed E-state index contributed by atoms with van der Waals surface area (Å²) in [6, 6.07) is 9.13. The molecule has 0 N–H and O–H groups in total. The number of rotatable bonds is 3. The molecule has 0 atom stereocenters. The Morgan fingerprint density at radius 2 is 1.75 bits per heavy atom. The van der Waals surface area contributed by atoms with Gasteiger partial charge in [0.05, 0.1) is 5.69 Å². The molecule has 1 aliphatic heterocycles. The molecule has 1 aliphatic rings. The molecule has 86 valence electrons. The predicted molar refractivity (Wildman–Crippen MR) is 62.2 cm³/mol. The first-order valence-corrected chi connectivity index (χ1v) is 5.64. The minimum Gasteiger partial charge on any atom is -0.606 e. The Labute approximate surface area is 95.2 Å². The lowest BCUT2D eigenvalue weighted by Gasteiger charge is -2.49. The van der Waals surface area contributed by atoms with Gasteiger partial charge in [0.1, 0.15) is 13.1 Å². The second kappa shape index (κ2) is 4.63. The van der Waals surface area contributed by atoms with Gasteiger partial charge in [-0.15, -0.1) is 0 Å². The molecule has 1 aromatic carbocycles. The van der Waals surface area contributed by atoms with Gasteiger partial charge in [-0.2, -0.15) is 5.01 Å². The van der Waals surface area contributed by atoms with Crippen molar-refractivity contribution in [3.8, 4) is 0 Å². The third kappa shape index (κ3) is 2.08. The van der Waals surface area contributed by atoms with Crippen LogP contribution in [0.25, 0.3) is 0 Å². The first-order valence-electron chi connectivity index (χ1n) is 5.64. The van der Waals surface area contributed by atoms with E-state index >= 15 is 0 Å². The first kappa shape index (κ1) is 11.1. The molecule has 0 bridgehead atoms. The van der Waals surface area contributed by atoms with Crippen molar-refractivity contribution in [1.82, 2.24) is 0 Å². The molecule has 16 heavy (non-hydrogen) atoms. The number of piperidine rings is 1. The van der Waals surface area contributed by atoms with Gasteiger partial charge in [0.2, 0.25) is 0 Å². The van der Waals surface area contributed by atoms with E-state index < -0.39 is 4.76 Å². The Morgan fingerprint density at radius 3 is 2.31 bits per heavy atom. The van der Waals surface area contributed by atoms with Crippen LogP contribution in [0.15, 0.2) is 30.3 Å². The lowest BCUT2D eigenvalue weighted by atomic mass is 10.1. The molecule has 2 rings (SSSR count). The minimum atomic E-state index is -0.534. The number of nitrogens with zero attached hydrogens (tertiary/aromatic N) is 2. The molecule has 1 amide bonds. The van der Waals surface area contributed by atoms with E-state index in [2.05, 4.69) is 0 Å². The van der Waals surface area contributed by atoms with Crippen LogP contribution in [0.5, 0.6) is 0 Å². The quantitative estimate of drug-likeness (QED) is 0.444. The highest BCUT2D eigenvalue weighted by Crippen LogP contribution is 2.25. The van der Waals surface area contributed by atoms with Gasteiger partial charge in [-0.05, 0) is 31.4 Å². The highest BCUT2D eigenvalue weighted by molar-refractivity contribution is 5.71. The number of amides is 1. The lowest BCUT2D eigenvalue weighted by molar-refractivity contribution is -0.886. The molecular formula is C12H16N2O2. The molecule has 0 radical (unpaired) electrons. The van der Waals surface area contributed by atoms with Crippen molar-refractivity contribution >= 4 is 12.1 Å². The third-order valence-corrected chi connectivity index (χ3v) is 3.03. The fraction of sp³-hybridized carbons (Fsp3) is 0.417. The summed E-state index contributed by atoms with van der Waals surface area (Å²) >= 11 is 0. The zero-order chi connectivity index (χ0) is 11.4. The molecule has 1 aromatic rings. The van der Waals surface area contributed by atoms with Crippen LogP contribution < -0.4 is 5.01 Å². The second-order valence-electron chi connectivity index (χ2n) is 4.14. The summed E-state index contributed by atoms with van der Waals surface area (Å²) in [7, 11) is 0. The maximum Gasteiger partial charge on any atom is 0.261 e. The standard InChI is InChI=1S/C12H16N2O2/c15-11-13(12-7-3-1-4-8-12)14(16)9-5-2-6-10-14/h1,3-4,7-8,11H,2,5-6,9-10H2. The van der Waals surface area contributed by atoms with E-state index in [1.807, 2.05) is 18.2 Å². The first-order chi connectivity index (χ1) is 7.76. The van der Waals surface area contributed by atoms with Crippen molar-refractivity contribution in [2.75, 3.05) is 18.1 Å². The summed E-state index contributed by atoms with van der Waals surface area (Å²) in [4.78, 5) is 11.1. The Morgan fingerprint density at radius 1 is 1.12 bits per heavy atom. The summed E-state index contributed by atoms with van der Waals surface area (Å²) in [5.74, 6) is 0. The molecule has 4 nitrogen and oxygen atoms in total. The molecule has 1 saturated heterocycles. The predicted octanol–water partition coefficient (Wildman–Crippen LogP) is 2.06. The molecule has 0 saturated carbocycles. The van der Waals surface area contributed by atoms with Crippen molar-refractivity contribution in [2.45, 2.75) is 19.3 Å². The summed E-state index contributed by atoms with van der Waals surface area (Å²) in [6.45, 7) is 0.987. The summed E-state index contributed by atoms with van der Waals surface area (Å²) in [6.07, 6.45) is 3.51. The Hall–Kier alpha value is -1.39. The van der Waals surface area contributed by atoms with Crippen molar-refractivity contribution in [3.63, 3.8) is 0 Å². The van der Waals surface area contributed by atoms with Crippen LogP contribution in [0, 0.1) is 5.21 Å². The number of carbonyl (C=O) groups excluding carboxylic acids is 1. The maximum atomic E-state index is 12.5. The van der Waals surface area contributed by atoms with Gasteiger partial charge in [-0.3, -0.25) is 4.79 Å². The Bertz CT molecular complexity index is 347. The fourth-order valence-corrected chi connectivity index (χ4v) is 2.16. The van der Waals surface area contributed by atoms with Crippen molar-refractivity contribution in [1.29, 1.82) is 0 Å². The zero-order valence-electron chi connectivity index (χ0n) is 9.21. The van der Waals surface area contributed by atoms with Crippen LogP contribution in [0.1, 0.15) is 19.3 Å². The number of anilines is 1. The number of benzene rings is 1. The van der Waals surface area contributed by atoms with Gasteiger partial charge >= 0.3 is 0 Å². The molecular weight excluding hydrogens is 204 g/mol. The normalized spacial score (nSPS) is 19.1. The Kier molecular flexibility index (Phi) is 3.22. The van der Waals surface area contributed by atoms with Crippen LogP contribution in [0.3, 0.4) is 0 Å². The van der Waals surface area contributed by atoms with E-state index in [1.165, 1.54) is 5.01 Å². The van der Waals surface area contributed by atoms with Gasteiger partial charge < -0.3 is 5.21 Å². The van der Waals surface area contributed by atoms with Crippen LogP contribution in [0.4, 0.5) is 5.69 Å². The summed E-state index contributed by atoms with van der Waals surface area (Å²) in [5.41, 5.74) is 0.675. The van der Waals surface area contributed by atoms with Gasteiger partial charge in [0.15, 0.2) is 0 Å². The van der Waals surface area contributed by atoms with Gasteiger partial charge in [0, 0.05) is 0 Å². The van der Waals surface area contributed by atoms with Gasteiger partial charge in [0.25, 0.3) is 6.41 Å². The van der Waals surface area contributed by atoms with Gasteiger partial charge in [-0.1, -0.05) is 18.2 Å². The summed E-state index contributed by atoms with van der Waals surface area (Å²) < 4.78 is -0.534. The average Bonchev–Trinajstić information content (AvgIpc) is 2.32. The lowest BCUT2D eigenvalue weighted by Crippen LogP contribution is -2.58. The highest BCUT2D eigenvalue weighted by Gasteiger charge is 2.29. The van der Waals surface area contributed by atoms with E-state index in [4.69, 9.17) is 0 Å². The topological polar surface area (TPSA) is 43.4 Å². The average molecular weight is 220 g/mol. The van der Waals surface area contributed by atoms with E-state index in [1.54, 1.807) is 12.1 Å². The third-order valence-electron chi connectivity index (χ3n) is 3.03. The maximum absolute atomic E-state index is 12.5. The summed E-state index contributed by atoms with van der Waals surface area (Å²) in [5, 5.41) is 13.8. The molecule has 0 aliphatic carbocycles. The highest BCUT2D eigenvalue weighted by atomic mass is 16.6. The van der Waals surface area contributed by atoms with Gasteiger partial charge in [-0.25, -0.2) is 4.76 Å². The van der Waals surface area contributed by atoms with Crippen LogP contribution in [-0.4, -0.2) is 24.3 Å². The fourth-order valence-electron chi connectivity index (χ4n) is 2.16. The Balaban J connectivity index is 2.25. The van der Waals surface area contributed by atoms with E-state index in [-0.39, 0.29) is 0 Å². The number of hydroxylamine groups is 2. The van der Waals surface area contributed by atoms with Crippen LogP contribution in [0.2, 0.25) is 0 Å². The number of quaternary nitrogens is 1. The largest absolute Gasteiger partial charge is 0.606 e. The number of para-hydroxylation sites is 1. The monoisotopic (exact) mass is 220 g/mol. The molecule has 1 fully saturated rings. The number of hydrogen-bond donors (Lipinski definition) is 0. The molecule has 4 heteroatoms. The molecule has 1 heterocycles. The number of hydrogen-bond acceptors (Lipinski definition) is 2. The van der Waals surface area contributed by atoms with Crippen molar-refractivity contribution in [2.24, 2.45) is 0 Å². The van der Waals surface area contributed by atoms with Crippen LogP contribution >= 0.6 is 0 Å². The molecule has 0 aromatic heterocycles. The SMILES string of the molecule is O=CN(c1ccccc1)[N+]1([O-])CCCCC1. The molecule has 0 unspecified atom stereocenters. The zero-order valence-corrected chi connectivity index (χ0v) is 9.21. The minimum absolute atomic E-state index is 0.494. The van der Waals surface area contributed by atoms with Crippen molar-refractivity contribution < 1.29 is 9.55 Å². The van der Waals surface area contributed by atoms with E-state index in [0.29, 0.717) is 25.2 Å². The smallest absolute Gasteiger partial charge is 0.261 e. The van der Waals surface area contributed by atoms with E-state index in [0.717, 1.165) is 19.3 Å². The van der Waals surface area contributed by atoms with Crippen LogP contribution in [-0.2, 0) is 4.79 Å². The number of carbonyl (C=O) groups is 1.